The molecule has 0 amide bonds. The maximum absolute atomic E-state index is 9.17. The van der Waals surface area contributed by atoms with Crippen LogP contribution in [0.2, 0.25) is 0 Å². The predicted molar refractivity (Wildman–Crippen MR) is 56.1 cm³/mol. The second-order valence-electron chi connectivity index (χ2n) is 3.61. The molecule has 1 saturated heterocycles. The van der Waals surface area contributed by atoms with Crippen molar-refractivity contribution in [2.45, 2.75) is 18.9 Å². The van der Waals surface area contributed by atoms with E-state index in [-0.39, 0.29) is 12.6 Å². The second-order valence-corrected chi connectivity index (χ2v) is 3.61. The standard InChI is InChI=1S/C10H15N3O/c11-10-4-3-8(6-12-10)13-5-1-2-9(13)7-14/h3-4,6,9,14H,1-2,5,7H2,(H2,11,12). The highest BCUT2D eigenvalue weighted by Gasteiger charge is 2.23. The van der Waals surface area contributed by atoms with Gasteiger partial charge in [-0.1, -0.05) is 0 Å². The first kappa shape index (κ1) is 9.27. The number of nitrogens with two attached hydrogens (primary N) is 1. The minimum atomic E-state index is 0.213. The Bertz CT molecular complexity index is 299. The number of rotatable bonds is 2. The van der Waals surface area contributed by atoms with Crippen LogP contribution in [0.4, 0.5) is 11.5 Å². The van der Waals surface area contributed by atoms with Gasteiger partial charge in [0.15, 0.2) is 0 Å². The van der Waals surface area contributed by atoms with Gasteiger partial charge in [0.25, 0.3) is 0 Å². The van der Waals surface area contributed by atoms with E-state index in [1.807, 2.05) is 6.07 Å². The second kappa shape index (κ2) is 3.84. The fourth-order valence-corrected chi connectivity index (χ4v) is 1.93. The van der Waals surface area contributed by atoms with Gasteiger partial charge in [-0.25, -0.2) is 4.98 Å². The Morgan fingerprint density at radius 3 is 3.07 bits per heavy atom. The average molecular weight is 193 g/mol. The highest BCUT2D eigenvalue weighted by atomic mass is 16.3. The molecule has 1 aromatic rings. The molecule has 3 N–H and O–H groups in total. The minimum Gasteiger partial charge on any atom is -0.394 e. The van der Waals surface area contributed by atoms with E-state index in [4.69, 9.17) is 10.8 Å². The molecule has 14 heavy (non-hydrogen) atoms. The van der Waals surface area contributed by atoms with E-state index >= 15 is 0 Å². The van der Waals surface area contributed by atoms with Gasteiger partial charge in [-0.05, 0) is 25.0 Å². The first-order valence-electron chi connectivity index (χ1n) is 4.90. The quantitative estimate of drug-likeness (QED) is 0.723. The van der Waals surface area contributed by atoms with Gasteiger partial charge in [-0.2, -0.15) is 0 Å². The molecule has 0 radical (unpaired) electrons. The summed E-state index contributed by atoms with van der Waals surface area (Å²) in [6.45, 7) is 1.21. The summed E-state index contributed by atoms with van der Waals surface area (Å²) < 4.78 is 0. The molecule has 1 aliphatic rings. The van der Waals surface area contributed by atoms with Crippen LogP contribution in [0.5, 0.6) is 0 Å². The Morgan fingerprint density at radius 1 is 1.57 bits per heavy atom. The first-order chi connectivity index (χ1) is 6.81. The number of nitrogens with zero attached hydrogens (tertiary/aromatic N) is 2. The SMILES string of the molecule is Nc1ccc(N2CCCC2CO)cn1. The molecule has 1 atom stereocenters. The van der Waals surface area contributed by atoms with Crippen molar-refractivity contribution < 1.29 is 5.11 Å². The summed E-state index contributed by atoms with van der Waals surface area (Å²) in [7, 11) is 0. The third kappa shape index (κ3) is 1.65. The number of hydrogen-bond acceptors (Lipinski definition) is 4. The minimum absolute atomic E-state index is 0.213. The van der Waals surface area contributed by atoms with Crippen molar-refractivity contribution in [2.75, 3.05) is 23.8 Å². The first-order valence-corrected chi connectivity index (χ1v) is 4.90. The third-order valence-corrected chi connectivity index (χ3v) is 2.69. The zero-order chi connectivity index (χ0) is 9.97. The number of anilines is 2. The number of aliphatic hydroxyl groups excluding tert-OH is 1. The van der Waals surface area contributed by atoms with Crippen LogP contribution in [0.15, 0.2) is 18.3 Å². The molecule has 0 saturated carbocycles. The molecule has 0 aromatic carbocycles. The maximum atomic E-state index is 9.17. The summed E-state index contributed by atoms with van der Waals surface area (Å²) in [5.74, 6) is 0.536. The average Bonchev–Trinajstić information content (AvgIpc) is 2.67. The van der Waals surface area contributed by atoms with Gasteiger partial charge in [0, 0.05) is 6.54 Å². The van der Waals surface area contributed by atoms with E-state index in [0.29, 0.717) is 5.82 Å². The van der Waals surface area contributed by atoms with Crippen molar-refractivity contribution >= 4 is 11.5 Å². The Kier molecular flexibility index (Phi) is 2.54. The maximum Gasteiger partial charge on any atom is 0.123 e. The Morgan fingerprint density at radius 2 is 2.43 bits per heavy atom. The molecule has 1 aliphatic heterocycles. The van der Waals surface area contributed by atoms with Gasteiger partial charge < -0.3 is 15.7 Å². The van der Waals surface area contributed by atoms with Crippen molar-refractivity contribution in [3.63, 3.8) is 0 Å². The monoisotopic (exact) mass is 193 g/mol. The van der Waals surface area contributed by atoms with Crippen LogP contribution >= 0.6 is 0 Å². The van der Waals surface area contributed by atoms with Gasteiger partial charge in [0.2, 0.25) is 0 Å². The largest absolute Gasteiger partial charge is 0.394 e. The van der Waals surface area contributed by atoms with Crippen molar-refractivity contribution in [2.24, 2.45) is 0 Å². The van der Waals surface area contributed by atoms with E-state index in [0.717, 1.165) is 25.1 Å². The third-order valence-electron chi connectivity index (χ3n) is 2.69. The molecule has 2 heterocycles. The van der Waals surface area contributed by atoms with Crippen molar-refractivity contribution in [3.8, 4) is 0 Å². The lowest BCUT2D eigenvalue weighted by Gasteiger charge is -2.24. The van der Waals surface area contributed by atoms with E-state index in [1.54, 1.807) is 12.3 Å². The molecule has 4 nitrogen and oxygen atoms in total. The lowest BCUT2D eigenvalue weighted by Crippen LogP contribution is -2.32. The van der Waals surface area contributed by atoms with E-state index < -0.39 is 0 Å². The molecule has 1 unspecified atom stereocenters. The topological polar surface area (TPSA) is 62.4 Å². The lowest BCUT2D eigenvalue weighted by atomic mass is 10.2. The molecule has 76 valence electrons. The van der Waals surface area contributed by atoms with Gasteiger partial charge in [-0.15, -0.1) is 0 Å². The zero-order valence-electron chi connectivity index (χ0n) is 8.06. The highest BCUT2D eigenvalue weighted by molar-refractivity contribution is 5.49. The zero-order valence-corrected chi connectivity index (χ0v) is 8.06. The van der Waals surface area contributed by atoms with Gasteiger partial charge >= 0.3 is 0 Å². The summed E-state index contributed by atoms with van der Waals surface area (Å²) in [5, 5.41) is 9.17. The highest BCUT2D eigenvalue weighted by Crippen LogP contribution is 2.24. The molecule has 4 heteroatoms. The van der Waals surface area contributed by atoms with Crippen LogP contribution in [0.3, 0.4) is 0 Å². The Balaban J connectivity index is 2.17. The number of aliphatic hydroxyl groups is 1. The number of aromatic nitrogens is 1. The Labute approximate surface area is 83.4 Å². The summed E-state index contributed by atoms with van der Waals surface area (Å²) in [6, 6.07) is 4.00. The predicted octanol–water partition coefficient (Wildman–Crippen LogP) is 0.625. The van der Waals surface area contributed by atoms with Gasteiger partial charge in [0.05, 0.1) is 24.5 Å². The van der Waals surface area contributed by atoms with Gasteiger partial charge in [-0.3, -0.25) is 0 Å². The van der Waals surface area contributed by atoms with Crippen LogP contribution < -0.4 is 10.6 Å². The van der Waals surface area contributed by atoms with Crippen LogP contribution in [0.1, 0.15) is 12.8 Å². The number of hydrogen-bond donors (Lipinski definition) is 2. The fraction of sp³-hybridized carbons (Fsp3) is 0.500. The summed E-state index contributed by atoms with van der Waals surface area (Å²) in [5.41, 5.74) is 6.57. The van der Waals surface area contributed by atoms with Crippen LogP contribution in [-0.4, -0.2) is 29.3 Å². The number of pyridine rings is 1. The van der Waals surface area contributed by atoms with Crippen LogP contribution in [0, 0.1) is 0 Å². The molecule has 1 fully saturated rings. The summed E-state index contributed by atoms with van der Waals surface area (Å²) >= 11 is 0. The smallest absolute Gasteiger partial charge is 0.123 e. The van der Waals surface area contributed by atoms with E-state index in [2.05, 4.69) is 9.88 Å². The van der Waals surface area contributed by atoms with Crippen LogP contribution in [0.25, 0.3) is 0 Å². The fourth-order valence-electron chi connectivity index (χ4n) is 1.93. The van der Waals surface area contributed by atoms with Crippen LogP contribution in [-0.2, 0) is 0 Å². The van der Waals surface area contributed by atoms with E-state index in [1.165, 1.54) is 0 Å². The van der Waals surface area contributed by atoms with E-state index in [9.17, 15) is 0 Å². The summed E-state index contributed by atoms with van der Waals surface area (Å²) in [4.78, 5) is 6.23. The molecule has 2 rings (SSSR count). The molecule has 0 bridgehead atoms. The molecule has 1 aromatic heterocycles. The molecule has 0 aliphatic carbocycles. The van der Waals surface area contributed by atoms with Gasteiger partial charge in [0.1, 0.15) is 5.82 Å². The Hall–Kier alpha value is -1.29. The molecular weight excluding hydrogens is 178 g/mol. The van der Waals surface area contributed by atoms with Crippen molar-refractivity contribution in [1.82, 2.24) is 4.98 Å². The molecular formula is C10H15N3O. The van der Waals surface area contributed by atoms with Crippen molar-refractivity contribution in [1.29, 1.82) is 0 Å². The normalized spacial score (nSPS) is 21.5. The van der Waals surface area contributed by atoms with Crippen molar-refractivity contribution in [3.05, 3.63) is 18.3 Å². The lowest BCUT2D eigenvalue weighted by molar-refractivity contribution is 0.266. The number of nitrogen functional groups attached to an aromatic ring is 1. The molecule has 0 spiro atoms. The summed E-state index contributed by atoms with van der Waals surface area (Å²) in [6.07, 6.45) is 3.96.